The first-order chi connectivity index (χ1) is 18.4. The van der Waals surface area contributed by atoms with Gasteiger partial charge in [-0.3, -0.25) is 19.9 Å². The van der Waals surface area contributed by atoms with Gasteiger partial charge in [-0.05, 0) is 77.9 Å². The number of anilines is 1. The van der Waals surface area contributed by atoms with Crippen molar-refractivity contribution in [2.45, 2.75) is 32.2 Å². The van der Waals surface area contributed by atoms with Gasteiger partial charge >= 0.3 is 0 Å². The minimum Gasteiger partial charge on any atom is -0.337 e. The quantitative estimate of drug-likeness (QED) is 0.330. The summed E-state index contributed by atoms with van der Waals surface area (Å²) in [4.78, 5) is 39.5. The fraction of sp³-hybridized carbons (Fsp3) is 0.429. The number of likely N-dealkylation sites (N-methyl/N-ethyl adjacent to an activating group) is 1. The minimum absolute atomic E-state index is 0.0341. The molecule has 1 aliphatic rings. The van der Waals surface area contributed by atoms with Gasteiger partial charge in [-0.1, -0.05) is 23.7 Å². The van der Waals surface area contributed by atoms with E-state index in [0.29, 0.717) is 52.8 Å². The molecule has 208 valence electrons. The van der Waals surface area contributed by atoms with Gasteiger partial charge in [-0.2, -0.15) is 0 Å². The Kier molecular flexibility index (Phi) is 8.94. The van der Waals surface area contributed by atoms with Gasteiger partial charge in [-0.15, -0.1) is 0 Å². The number of benzene rings is 1. The normalized spacial score (nSPS) is 16.7. The molecule has 9 nitrogen and oxygen atoms in total. The second-order valence-corrected chi connectivity index (χ2v) is 14.2. The first-order valence-corrected chi connectivity index (χ1v) is 16.0. The first kappa shape index (κ1) is 29.0. The van der Waals surface area contributed by atoms with Gasteiger partial charge in [0.05, 0.1) is 22.1 Å². The predicted molar refractivity (Wildman–Crippen MR) is 158 cm³/mol. The highest BCUT2D eigenvalue weighted by atomic mass is 35.5. The van der Waals surface area contributed by atoms with E-state index in [0.717, 1.165) is 24.8 Å². The molecular formula is C28H36ClN6O3P. The number of fused-ring (bicyclic) bond motifs is 1. The summed E-state index contributed by atoms with van der Waals surface area (Å²) in [6.45, 7) is 6.85. The summed E-state index contributed by atoms with van der Waals surface area (Å²) in [6, 6.07) is 8.59. The molecule has 0 spiro atoms. The van der Waals surface area contributed by atoms with Gasteiger partial charge in [0, 0.05) is 37.0 Å². The number of carbonyl (C=O) groups excluding carboxylic acids is 2. The molecule has 11 heteroatoms. The monoisotopic (exact) mass is 570 g/mol. The molecule has 39 heavy (non-hydrogen) atoms. The van der Waals surface area contributed by atoms with E-state index in [1.807, 2.05) is 46.7 Å². The molecule has 3 aromatic rings. The highest BCUT2D eigenvalue weighted by Crippen LogP contribution is 2.35. The van der Waals surface area contributed by atoms with E-state index in [1.165, 1.54) is 0 Å². The summed E-state index contributed by atoms with van der Waals surface area (Å²) in [5.41, 5.74) is 2.75. The van der Waals surface area contributed by atoms with Crippen molar-refractivity contribution in [1.29, 1.82) is 0 Å². The summed E-state index contributed by atoms with van der Waals surface area (Å²) in [5, 5.41) is 3.49. The van der Waals surface area contributed by atoms with Crippen LogP contribution in [0.1, 0.15) is 41.4 Å². The Balaban J connectivity index is 1.70. The van der Waals surface area contributed by atoms with Crippen molar-refractivity contribution < 1.29 is 14.2 Å². The summed E-state index contributed by atoms with van der Waals surface area (Å²) in [5.74, 6) is -0.0537. The van der Waals surface area contributed by atoms with Crippen LogP contribution in [0.5, 0.6) is 0 Å². The predicted octanol–water partition coefficient (Wildman–Crippen LogP) is 4.56. The minimum atomic E-state index is -2.67. The first-order valence-electron chi connectivity index (χ1n) is 13.1. The third kappa shape index (κ3) is 6.96. The van der Waals surface area contributed by atoms with Crippen LogP contribution < -0.4 is 10.8 Å². The number of imidazole rings is 1. The number of carbonyl (C=O) groups is 2. The average molecular weight is 571 g/mol. The number of amides is 2. The molecule has 0 radical (unpaired) electrons. The van der Waals surface area contributed by atoms with Crippen molar-refractivity contribution in [2.75, 3.05) is 52.4 Å². The van der Waals surface area contributed by atoms with Gasteiger partial charge in [0.2, 0.25) is 11.9 Å². The Hall–Kier alpha value is -3.00. The van der Waals surface area contributed by atoms with Crippen molar-refractivity contribution in [3.05, 3.63) is 58.8 Å². The molecule has 2 amide bonds. The van der Waals surface area contributed by atoms with Crippen molar-refractivity contribution in [1.82, 2.24) is 24.3 Å². The van der Waals surface area contributed by atoms with Crippen LogP contribution in [0.4, 0.5) is 5.95 Å². The molecule has 1 aromatic carbocycles. The molecule has 3 heterocycles. The highest BCUT2D eigenvalue weighted by molar-refractivity contribution is 7.69. The zero-order valence-electron chi connectivity index (χ0n) is 23.1. The SMILES string of the molecule is Cc1cc(C(=O)Nc2nc3cccc(Cl)c3n2C2CCCCN(C(=O)C=CCN(C)C)C2)cc(P(C)(C)=O)n1. The van der Waals surface area contributed by atoms with Crippen LogP contribution in [0, 0.1) is 6.92 Å². The Labute approximate surface area is 234 Å². The van der Waals surface area contributed by atoms with Crippen LogP contribution in [0.2, 0.25) is 5.02 Å². The van der Waals surface area contributed by atoms with E-state index < -0.39 is 7.14 Å². The number of hydrogen-bond donors (Lipinski definition) is 1. The van der Waals surface area contributed by atoms with E-state index >= 15 is 0 Å². The van der Waals surface area contributed by atoms with E-state index in [9.17, 15) is 14.2 Å². The Morgan fingerprint density at radius 3 is 2.69 bits per heavy atom. The lowest BCUT2D eigenvalue weighted by Crippen LogP contribution is -2.35. The lowest BCUT2D eigenvalue weighted by atomic mass is 10.1. The second-order valence-electron chi connectivity index (χ2n) is 10.7. The molecule has 1 fully saturated rings. The van der Waals surface area contributed by atoms with Crippen molar-refractivity contribution >= 4 is 53.0 Å². The molecule has 4 rings (SSSR count). The van der Waals surface area contributed by atoms with E-state index in [1.54, 1.807) is 44.5 Å². The van der Waals surface area contributed by atoms with Crippen LogP contribution in [-0.2, 0) is 9.36 Å². The van der Waals surface area contributed by atoms with Crippen molar-refractivity contribution in [2.24, 2.45) is 0 Å². The van der Waals surface area contributed by atoms with Crippen molar-refractivity contribution in [3.8, 4) is 0 Å². The Bertz CT molecular complexity index is 1460. The Morgan fingerprint density at radius 2 is 1.97 bits per heavy atom. The van der Waals surface area contributed by atoms with Crippen LogP contribution >= 0.6 is 18.7 Å². The number of aryl methyl sites for hydroxylation is 1. The summed E-state index contributed by atoms with van der Waals surface area (Å²) >= 11 is 6.67. The molecule has 1 atom stereocenters. The largest absolute Gasteiger partial charge is 0.337 e. The molecule has 1 N–H and O–H groups in total. The van der Waals surface area contributed by atoms with E-state index in [2.05, 4.69) is 10.3 Å². The molecule has 1 unspecified atom stereocenters. The summed E-state index contributed by atoms with van der Waals surface area (Å²) in [6.07, 6.45) is 6.11. The lowest BCUT2D eigenvalue weighted by molar-refractivity contribution is -0.126. The number of nitrogens with one attached hydrogen (secondary N) is 1. The van der Waals surface area contributed by atoms with Gasteiger partial charge in [0.1, 0.15) is 12.6 Å². The fourth-order valence-electron chi connectivity index (χ4n) is 4.78. The lowest BCUT2D eigenvalue weighted by Gasteiger charge is -2.26. The van der Waals surface area contributed by atoms with Crippen LogP contribution in [0.25, 0.3) is 11.0 Å². The van der Waals surface area contributed by atoms with Crippen LogP contribution in [-0.4, -0.2) is 83.2 Å². The maximum atomic E-state index is 13.5. The van der Waals surface area contributed by atoms with E-state index in [4.69, 9.17) is 16.6 Å². The third-order valence-electron chi connectivity index (χ3n) is 6.69. The van der Waals surface area contributed by atoms with Gasteiger partial charge in [0.15, 0.2) is 0 Å². The topological polar surface area (TPSA) is 100 Å². The highest BCUT2D eigenvalue weighted by Gasteiger charge is 2.28. The van der Waals surface area contributed by atoms with Crippen molar-refractivity contribution in [3.63, 3.8) is 0 Å². The van der Waals surface area contributed by atoms with Gasteiger partial charge < -0.3 is 18.9 Å². The fourth-order valence-corrected chi connectivity index (χ4v) is 5.89. The van der Waals surface area contributed by atoms with Gasteiger partial charge in [0.25, 0.3) is 5.91 Å². The number of aromatic nitrogens is 3. The number of nitrogens with zero attached hydrogens (tertiary/aromatic N) is 5. The number of halogens is 1. The summed E-state index contributed by atoms with van der Waals surface area (Å²) < 4.78 is 14.6. The maximum Gasteiger partial charge on any atom is 0.258 e. The maximum absolute atomic E-state index is 13.5. The number of rotatable bonds is 7. The number of para-hydroxylation sites is 1. The number of hydrogen-bond acceptors (Lipinski definition) is 6. The van der Waals surface area contributed by atoms with Crippen LogP contribution in [0.3, 0.4) is 0 Å². The molecule has 1 aliphatic heterocycles. The van der Waals surface area contributed by atoms with Crippen LogP contribution in [0.15, 0.2) is 42.5 Å². The van der Waals surface area contributed by atoms with Gasteiger partial charge in [-0.25, -0.2) is 4.98 Å². The zero-order chi connectivity index (χ0) is 28.3. The molecule has 1 saturated heterocycles. The summed E-state index contributed by atoms with van der Waals surface area (Å²) in [7, 11) is 1.25. The standard InChI is InChI=1S/C28H36ClN6O3P/c1-19-16-20(17-24(30-19)39(4,5)38)27(37)32-28-31-23-12-8-11-22(29)26(23)35(28)21-10-6-7-15-34(18-21)25(36)13-9-14-33(2)3/h8-9,11-13,16-17,21H,6-7,10,14-15,18H2,1-5H3,(H,31,32,37). The molecule has 2 aromatic heterocycles. The van der Waals surface area contributed by atoms with E-state index in [-0.39, 0.29) is 17.9 Å². The Morgan fingerprint density at radius 1 is 1.21 bits per heavy atom. The number of pyridine rings is 1. The third-order valence-corrected chi connectivity index (χ3v) is 8.33. The smallest absolute Gasteiger partial charge is 0.258 e. The molecule has 0 aliphatic carbocycles. The number of likely N-dealkylation sites (tertiary alicyclic amines) is 1. The molecule has 0 bridgehead atoms. The molecular weight excluding hydrogens is 535 g/mol. The zero-order valence-corrected chi connectivity index (χ0v) is 24.8. The second kappa shape index (κ2) is 12.0. The molecule has 0 saturated carbocycles. The average Bonchev–Trinajstić information content (AvgIpc) is 3.04.